The van der Waals surface area contributed by atoms with Gasteiger partial charge in [0.1, 0.15) is 12.2 Å². The van der Waals surface area contributed by atoms with Gasteiger partial charge >= 0.3 is 5.91 Å². The van der Waals surface area contributed by atoms with E-state index >= 15 is 0 Å². The second-order valence-corrected chi connectivity index (χ2v) is 3.79. The van der Waals surface area contributed by atoms with E-state index in [0.29, 0.717) is 16.5 Å². The van der Waals surface area contributed by atoms with Crippen molar-refractivity contribution in [2.45, 2.75) is 13.0 Å². The summed E-state index contributed by atoms with van der Waals surface area (Å²) in [5, 5.41) is 0.635. The van der Waals surface area contributed by atoms with Crippen molar-refractivity contribution < 1.29 is 22.7 Å². The molecule has 0 radical (unpaired) electrons. The van der Waals surface area contributed by atoms with Crippen LogP contribution in [0.25, 0.3) is 11.0 Å². The number of nitrogens with one attached hydrogen (secondary N) is 1. The second-order valence-electron chi connectivity index (χ2n) is 3.79. The molecule has 5 nitrogen and oxygen atoms in total. The van der Waals surface area contributed by atoms with E-state index in [0.717, 1.165) is 0 Å². The first-order chi connectivity index (χ1) is 9.13. The normalized spacial score (nSPS) is 11.2. The van der Waals surface area contributed by atoms with Crippen LogP contribution in [-0.4, -0.2) is 18.9 Å². The molecule has 7 heteroatoms. The highest BCUT2D eigenvalue weighted by atomic mass is 19.3. The van der Waals surface area contributed by atoms with Gasteiger partial charge in [-0.1, -0.05) is 18.2 Å². The summed E-state index contributed by atoms with van der Waals surface area (Å²) in [4.78, 5) is 11.6. The third-order valence-electron chi connectivity index (χ3n) is 2.53. The van der Waals surface area contributed by atoms with Crippen molar-refractivity contribution in [1.29, 1.82) is 0 Å². The number of carbonyl (C=O) groups is 1. The van der Waals surface area contributed by atoms with E-state index in [2.05, 4.69) is 0 Å². The van der Waals surface area contributed by atoms with Crippen molar-refractivity contribution in [3.8, 4) is 0 Å². The average molecular weight is 270 g/mol. The number of benzene rings is 1. The number of hydrogen-bond acceptors (Lipinski definition) is 4. The third kappa shape index (κ3) is 2.88. The lowest BCUT2D eigenvalue weighted by molar-refractivity contribution is 0.00979. The molecule has 102 valence electrons. The zero-order chi connectivity index (χ0) is 13.8. The van der Waals surface area contributed by atoms with E-state index in [9.17, 15) is 13.6 Å². The van der Waals surface area contributed by atoms with E-state index in [4.69, 9.17) is 15.0 Å². The number of halogens is 2. The Morgan fingerprint density at radius 2 is 2.16 bits per heavy atom. The Balaban J connectivity index is 2.34. The number of fused-ring (bicyclic) bond motifs is 1. The molecule has 0 aliphatic carbocycles. The molecule has 19 heavy (non-hydrogen) atoms. The predicted octanol–water partition coefficient (Wildman–Crippen LogP) is 1.82. The number of nitrogen functional groups attached to an aromatic ring is 1. The molecule has 1 aromatic carbocycles. The van der Waals surface area contributed by atoms with Crippen molar-refractivity contribution in [2.24, 2.45) is 5.84 Å². The lowest BCUT2D eigenvalue weighted by Gasteiger charge is -2.04. The van der Waals surface area contributed by atoms with E-state index in [-0.39, 0.29) is 12.4 Å². The van der Waals surface area contributed by atoms with Crippen LogP contribution >= 0.6 is 0 Å². The Kier molecular flexibility index (Phi) is 4.08. The predicted molar refractivity (Wildman–Crippen MR) is 63.5 cm³/mol. The highest BCUT2D eigenvalue weighted by molar-refractivity contribution is 5.98. The van der Waals surface area contributed by atoms with Crippen molar-refractivity contribution >= 4 is 16.9 Å². The topological polar surface area (TPSA) is 77.5 Å². The number of nitrogens with two attached hydrogens (primary N) is 1. The number of hydrogen-bond donors (Lipinski definition) is 2. The zero-order valence-corrected chi connectivity index (χ0v) is 9.86. The molecule has 0 aliphatic heterocycles. The van der Waals surface area contributed by atoms with Crippen molar-refractivity contribution in [1.82, 2.24) is 5.43 Å². The van der Waals surface area contributed by atoms with E-state index in [1.165, 1.54) is 0 Å². The number of alkyl halides is 2. The lowest BCUT2D eigenvalue weighted by atomic mass is 10.1. The molecular formula is C12H12F2N2O3. The maximum absolute atomic E-state index is 12.1. The first-order valence-corrected chi connectivity index (χ1v) is 5.50. The molecule has 3 N–H and O–H groups in total. The molecule has 2 rings (SSSR count). The maximum atomic E-state index is 12.1. The van der Waals surface area contributed by atoms with Crippen LogP contribution in [0.3, 0.4) is 0 Å². The summed E-state index contributed by atoms with van der Waals surface area (Å²) in [6.07, 6.45) is -2.56. The Morgan fingerprint density at radius 3 is 2.84 bits per heavy atom. The first kappa shape index (κ1) is 13.4. The Morgan fingerprint density at radius 1 is 1.42 bits per heavy atom. The summed E-state index contributed by atoms with van der Waals surface area (Å²) < 4.78 is 34.3. The highest BCUT2D eigenvalue weighted by Gasteiger charge is 2.20. The number of para-hydroxylation sites is 1. The van der Waals surface area contributed by atoms with Crippen LogP contribution in [0.4, 0.5) is 8.78 Å². The molecule has 1 heterocycles. The minimum Gasteiger partial charge on any atom is -0.450 e. The standard InChI is InChI=1S/C12H12F2N2O3/c13-10(14)6-18-5-8-7-3-1-2-4-9(7)19-11(8)12(17)16-15/h1-4,10H,5-6,15H2,(H,16,17). The maximum Gasteiger partial charge on any atom is 0.301 e. The number of ether oxygens (including phenoxy) is 1. The number of hydrazine groups is 1. The summed E-state index contributed by atoms with van der Waals surface area (Å²) in [6, 6.07) is 6.87. The second kappa shape index (κ2) is 5.77. The van der Waals surface area contributed by atoms with Crippen LogP contribution in [0.5, 0.6) is 0 Å². The summed E-state index contributed by atoms with van der Waals surface area (Å²) in [5.74, 6) is 4.39. The molecule has 0 saturated heterocycles. The van der Waals surface area contributed by atoms with Gasteiger partial charge in [0.05, 0.1) is 6.61 Å². The molecular weight excluding hydrogens is 258 g/mol. The van der Waals surface area contributed by atoms with Crippen LogP contribution in [0.1, 0.15) is 16.1 Å². The van der Waals surface area contributed by atoms with Crippen molar-refractivity contribution in [2.75, 3.05) is 6.61 Å². The number of furan rings is 1. The Bertz CT molecular complexity index is 583. The molecule has 0 unspecified atom stereocenters. The van der Waals surface area contributed by atoms with Gasteiger partial charge in [0.25, 0.3) is 6.43 Å². The van der Waals surface area contributed by atoms with Gasteiger partial charge in [-0.25, -0.2) is 14.6 Å². The fraction of sp³-hybridized carbons (Fsp3) is 0.250. The Hall–Kier alpha value is -1.99. The lowest BCUT2D eigenvalue weighted by Crippen LogP contribution is -2.30. The number of rotatable bonds is 5. The van der Waals surface area contributed by atoms with Crippen LogP contribution in [0, 0.1) is 0 Å². The van der Waals surface area contributed by atoms with Gasteiger partial charge in [-0.05, 0) is 6.07 Å². The van der Waals surface area contributed by atoms with Crippen molar-refractivity contribution in [3.63, 3.8) is 0 Å². The SMILES string of the molecule is NNC(=O)c1oc2ccccc2c1COCC(F)F. The molecule has 0 fully saturated rings. The molecule has 0 spiro atoms. The highest BCUT2D eigenvalue weighted by Crippen LogP contribution is 2.26. The van der Waals surface area contributed by atoms with Crippen LogP contribution < -0.4 is 11.3 Å². The van der Waals surface area contributed by atoms with Gasteiger partial charge in [-0.3, -0.25) is 10.2 Å². The number of amides is 1. The van der Waals surface area contributed by atoms with Gasteiger partial charge in [0, 0.05) is 10.9 Å². The number of carbonyl (C=O) groups excluding carboxylic acids is 1. The molecule has 0 saturated carbocycles. The van der Waals surface area contributed by atoms with E-state index < -0.39 is 18.9 Å². The fourth-order valence-corrected chi connectivity index (χ4v) is 1.74. The van der Waals surface area contributed by atoms with Crippen LogP contribution in [0.15, 0.2) is 28.7 Å². The first-order valence-electron chi connectivity index (χ1n) is 5.50. The largest absolute Gasteiger partial charge is 0.450 e. The molecule has 1 amide bonds. The molecule has 0 atom stereocenters. The zero-order valence-electron chi connectivity index (χ0n) is 9.86. The minimum atomic E-state index is -2.56. The Labute approximate surface area is 107 Å². The van der Waals surface area contributed by atoms with Gasteiger partial charge in [0.15, 0.2) is 5.76 Å². The third-order valence-corrected chi connectivity index (χ3v) is 2.53. The molecule has 0 bridgehead atoms. The molecule has 0 aliphatic rings. The van der Waals surface area contributed by atoms with Crippen LogP contribution in [0.2, 0.25) is 0 Å². The monoisotopic (exact) mass is 270 g/mol. The van der Waals surface area contributed by atoms with E-state index in [1.54, 1.807) is 24.3 Å². The van der Waals surface area contributed by atoms with Gasteiger partial charge in [-0.15, -0.1) is 0 Å². The van der Waals surface area contributed by atoms with Gasteiger partial charge in [-0.2, -0.15) is 0 Å². The van der Waals surface area contributed by atoms with Gasteiger partial charge in [0.2, 0.25) is 0 Å². The summed E-state index contributed by atoms with van der Waals surface area (Å²) in [7, 11) is 0. The van der Waals surface area contributed by atoms with E-state index in [1.807, 2.05) is 5.43 Å². The minimum absolute atomic E-state index is 0.0297. The quantitative estimate of drug-likeness (QED) is 0.493. The fourth-order valence-electron chi connectivity index (χ4n) is 1.74. The summed E-state index contributed by atoms with van der Waals surface area (Å²) in [5.41, 5.74) is 2.82. The summed E-state index contributed by atoms with van der Waals surface area (Å²) in [6.45, 7) is -0.854. The smallest absolute Gasteiger partial charge is 0.301 e. The summed E-state index contributed by atoms with van der Waals surface area (Å²) >= 11 is 0. The molecule has 2 aromatic rings. The van der Waals surface area contributed by atoms with Crippen LogP contribution in [-0.2, 0) is 11.3 Å². The molecule has 1 aromatic heterocycles. The van der Waals surface area contributed by atoms with Crippen molar-refractivity contribution in [3.05, 3.63) is 35.6 Å². The van der Waals surface area contributed by atoms with Gasteiger partial charge < -0.3 is 9.15 Å². The average Bonchev–Trinajstić information content (AvgIpc) is 2.77.